The van der Waals surface area contributed by atoms with Crippen molar-refractivity contribution in [2.45, 2.75) is 122 Å². The smallest absolute Gasteiger partial charge is 0.410 e. The lowest BCUT2D eigenvalue weighted by Gasteiger charge is -2.41. The summed E-state index contributed by atoms with van der Waals surface area (Å²) in [5.41, 5.74) is -0.488. The number of rotatable bonds is 13. The maximum atomic E-state index is 14.7. The number of nitrogens with one attached hydrogen (secondary N) is 1. The first kappa shape index (κ1) is 38.8. The lowest BCUT2D eigenvalue weighted by atomic mass is 9.84. The quantitative estimate of drug-likeness (QED) is 0.259. The van der Waals surface area contributed by atoms with Crippen LogP contribution in [0, 0.1) is 17.8 Å². The van der Waals surface area contributed by atoms with E-state index in [9.17, 15) is 19.2 Å². The number of benzene rings is 1. The molecule has 0 spiro atoms. The Morgan fingerprint density at radius 2 is 1.73 bits per heavy atom. The monoisotopic (exact) mass is 712 g/mol. The molecule has 0 aromatic heterocycles. The van der Waals surface area contributed by atoms with Gasteiger partial charge >= 0.3 is 6.09 Å². The Morgan fingerprint density at radius 1 is 1.02 bits per heavy atom. The van der Waals surface area contributed by atoms with Gasteiger partial charge in [0.05, 0.1) is 30.2 Å². The average molecular weight is 713 g/mol. The number of hydrogen-bond acceptors (Lipinski definition) is 8. The molecule has 1 saturated heterocycles. The van der Waals surface area contributed by atoms with Crippen molar-refractivity contribution < 1.29 is 38.1 Å². The van der Waals surface area contributed by atoms with E-state index in [1.54, 1.807) is 53.7 Å². The molecule has 2 aliphatic heterocycles. The van der Waals surface area contributed by atoms with Crippen molar-refractivity contribution in [3.63, 3.8) is 0 Å². The Hall–Kier alpha value is -3.38. The summed E-state index contributed by atoms with van der Waals surface area (Å²) in [6, 6.07) is 5.41. The predicted octanol–water partition coefficient (Wildman–Crippen LogP) is 5.70. The summed E-state index contributed by atoms with van der Waals surface area (Å²) < 4.78 is 22.7. The fraction of sp³-hybridized carbons (Fsp3) is 0.744. The van der Waals surface area contributed by atoms with Gasteiger partial charge in [-0.05, 0) is 90.8 Å². The molecule has 12 heteroatoms. The average Bonchev–Trinajstić information content (AvgIpc) is 3.91. The number of carbonyl (C=O) groups is 4. The molecule has 2 heterocycles. The first-order chi connectivity index (χ1) is 24.2. The Labute approximate surface area is 303 Å². The fourth-order valence-electron chi connectivity index (χ4n) is 7.80. The van der Waals surface area contributed by atoms with Gasteiger partial charge in [-0.15, -0.1) is 0 Å². The Kier molecular flexibility index (Phi) is 12.6. The van der Waals surface area contributed by atoms with Gasteiger partial charge in [0.2, 0.25) is 11.8 Å². The van der Waals surface area contributed by atoms with Crippen molar-refractivity contribution in [3.8, 4) is 5.75 Å². The molecule has 1 N–H and O–H groups in total. The summed E-state index contributed by atoms with van der Waals surface area (Å²) in [4.78, 5) is 60.7. The molecule has 12 nitrogen and oxygen atoms in total. The molecular weight excluding hydrogens is 652 g/mol. The number of methoxy groups -OCH3 is 2. The van der Waals surface area contributed by atoms with Crippen LogP contribution in [-0.2, 0) is 28.6 Å². The standard InChI is InChI=1S/C39H60N4O8/c1-38(2,3)51-37(47)41-23-27(34(44)40-29(25-49-7)20-26-12-9-8-10-13-26)21-28(24-41)35(45)43(30-14-15-30)31-16-17-33-32(22-31)42(18-11-19-48-6)36(46)39(4,5)50-33/h16-17,22,26-30H,8-15,18-21,23-25H2,1-7H3,(H,40,44)/t27-,28+,29+/m0/s1. The summed E-state index contributed by atoms with van der Waals surface area (Å²) in [7, 11) is 3.28. The summed E-state index contributed by atoms with van der Waals surface area (Å²) in [6.45, 7) is 10.6. The van der Waals surface area contributed by atoms with Gasteiger partial charge < -0.3 is 39.0 Å². The minimum absolute atomic E-state index is 0.0140. The Bertz CT molecular complexity index is 1400. The van der Waals surface area contributed by atoms with Crippen LogP contribution in [0.1, 0.15) is 98.8 Å². The zero-order valence-electron chi connectivity index (χ0n) is 31.8. The van der Waals surface area contributed by atoms with Crippen LogP contribution in [0.5, 0.6) is 5.75 Å². The second kappa shape index (κ2) is 16.5. The number of nitrogens with zero attached hydrogens (tertiary/aromatic N) is 3. The van der Waals surface area contributed by atoms with E-state index in [1.807, 2.05) is 23.1 Å². The highest BCUT2D eigenvalue weighted by molar-refractivity contribution is 6.04. The van der Waals surface area contributed by atoms with Gasteiger partial charge in [0, 0.05) is 52.2 Å². The number of amides is 4. The number of piperidine rings is 1. The number of carbonyl (C=O) groups excluding carboxylic acids is 4. The topological polar surface area (TPSA) is 127 Å². The van der Waals surface area contributed by atoms with Crippen LogP contribution in [0.2, 0.25) is 0 Å². The highest BCUT2D eigenvalue weighted by atomic mass is 16.6. The molecule has 4 amide bonds. The summed E-state index contributed by atoms with van der Waals surface area (Å²) in [5, 5.41) is 3.24. The van der Waals surface area contributed by atoms with Crippen LogP contribution >= 0.6 is 0 Å². The van der Waals surface area contributed by atoms with Gasteiger partial charge in [-0.25, -0.2) is 4.79 Å². The van der Waals surface area contributed by atoms with E-state index in [4.69, 9.17) is 18.9 Å². The van der Waals surface area contributed by atoms with Gasteiger partial charge in [-0.2, -0.15) is 0 Å². The summed E-state index contributed by atoms with van der Waals surface area (Å²) in [6.07, 6.45) is 8.95. The van der Waals surface area contributed by atoms with Gasteiger partial charge in [-0.3, -0.25) is 14.4 Å². The maximum Gasteiger partial charge on any atom is 0.410 e. The third kappa shape index (κ3) is 9.94. The molecule has 0 unspecified atom stereocenters. The molecule has 1 aromatic carbocycles. The number of hydrogen-bond donors (Lipinski definition) is 1. The van der Waals surface area contributed by atoms with Gasteiger partial charge in [-0.1, -0.05) is 32.1 Å². The predicted molar refractivity (Wildman–Crippen MR) is 195 cm³/mol. The SMILES string of the molecule is COCCCN1C(=O)C(C)(C)Oc2ccc(N(C(=O)[C@@H]3C[C@H](C(=O)N[C@@H](COC)CC4CCCCC4)CN(C(=O)OC(C)(C)C)C3)C3CC3)cc21. The Morgan fingerprint density at radius 3 is 2.37 bits per heavy atom. The first-order valence-electron chi connectivity index (χ1n) is 18.9. The lowest BCUT2D eigenvalue weighted by molar-refractivity contribution is -0.133. The number of fused-ring (bicyclic) bond motifs is 1. The second-order valence-electron chi connectivity index (χ2n) is 16.4. The van der Waals surface area contributed by atoms with Gasteiger partial charge in [0.25, 0.3) is 5.91 Å². The van der Waals surface area contributed by atoms with Gasteiger partial charge in [0.15, 0.2) is 5.60 Å². The highest BCUT2D eigenvalue weighted by Gasteiger charge is 2.45. The zero-order valence-corrected chi connectivity index (χ0v) is 31.8. The molecule has 1 aromatic rings. The number of likely N-dealkylation sites (tertiary alicyclic amines) is 1. The molecule has 4 aliphatic rings. The van der Waals surface area contributed by atoms with Crippen molar-refractivity contribution >= 4 is 35.2 Å². The summed E-state index contributed by atoms with van der Waals surface area (Å²) >= 11 is 0. The third-order valence-corrected chi connectivity index (χ3v) is 10.4. The van der Waals surface area contributed by atoms with Crippen LogP contribution in [0.4, 0.5) is 16.2 Å². The van der Waals surface area contributed by atoms with E-state index in [1.165, 1.54) is 24.2 Å². The normalized spacial score (nSPS) is 22.8. The molecule has 284 valence electrons. The van der Waals surface area contributed by atoms with Crippen molar-refractivity contribution in [1.29, 1.82) is 0 Å². The van der Waals surface area contributed by atoms with Crippen molar-refractivity contribution in [2.75, 3.05) is 56.9 Å². The maximum absolute atomic E-state index is 14.7. The second-order valence-corrected chi connectivity index (χ2v) is 16.4. The lowest BCUT2D eigenvalue weighted by Crippen LogP contribution is -2.55. The van der Waals surface area contributed by atoms with Crippen LogP contribution in [0.25, 0.3) is 0 Å². The third-order valence-electron chi connectivity index (χ3n) is 10.4. The van der Waals surface area contributed by atoms with Crippen molar-refractivity contribution in [2.24, 2.45) is 17.8 Å². The van der Waals surface area contributed by atoms with E-state index in [-0.39, 0.29) is 42.9 Å². The first-order valence-corrected chi connectivity index (χ1v) is 18.9. The van der Waals surface area contributed by atoms with E-state index in [2.05, 4.69) is 5.32 Å². The van der Waals surface area contributed by atoms with E-state index < -0.39 is 29.1 Å². The minimum atomic E-state index is -1.03. The highest BCUT2D eigenvalue weighted by Crippen LogP contribution is 2.43. The van der Waals surface area contributed by atoms with Crippen LogP contribution in [0.15, 0.2) is 18.2 Å². The van der Waals surface area contributed by atoms with Crippen LogP contribution in [-0.4, -0.2) is 99.1 Å². The molecule has 3 fully saturated rings. The molecule has 0 radical (unpaired) electrons. The van der Waals surface area contributed by atoms with E-state index in [0.717, 1.165) is 32.1 Å². The van der Waals surface area contributed by atoms with Crippen LogP contribution < -0.4 is 19.9 Å². The zero-order chi connectivity index (χ0) is 36.9. The molecule has 3 atom stereocenters. The molecular formula is C39H60N4O8. The van der Waals surface area contributed by atoms with Crippen molar-refractivity contribution in [3.05, 3.63) is 18.2 Å². The van der Waals surface area contributed by atoms with E-state index >= 15 is 0 Å². The van der Waals surface area contributed by atoms with E-state index in [0.29, 0.717) is 55.6 Å². The molecule has 2 aliphatic carbocycles. The largest absolute Gasteiger partial charge is 0.476 e. The Balaban J connectivity index is 1.40. The number of anilines is 2. The fourth-order valence-corrected chi connectivity index (χ4v) is 7.80. The molecule has 0 bridgehead atoms. The minimum Gasteiger partial charge on any atom is -0.476 e. The molecule has 51 heavy (non-hydrogen) atoms. The van der Waals surface area contributed by atoms with Crippen LogP contribution in [0.3, 0.4) is 0 Å². The number of ether oxygens (including phenoxy) is 4. The molecule has 5 rings (SSSR count). The molecule has 2 saturated carbocycles. The van der Waals surface area contributed by atoms with Crippen molar-refractivity contribution in [1.82, 2.24) is 10.2 Å². The van der Waals surface area contributed by atoms with Gasteiger partial charge in [0.1, 0.15) is 11.4 Å². The summed E-state index contributed by atoms with van der Waals surface area (Å²) in [5.74, 6) is -0.577.